The molecule has 170 valence electrons. The molecule has 1 amide bonds. The van der Waals surface area contributed by atoms with Crippen LogP contribution in [0, 0.1) is 5.92 Å². The summed E-state index contributed by atoms with van der Waals surface area (Å²) in [5.41, 5.74) is 1.86. The maximum Gasteiger partial charge on any atom is 0.307 e. The summed E-state index contributed by atoms with van der Waals surface area (Å²) in [5.74, 6) is -0.0365. The van der Waals surface area contributed by atoms with Gasteiger partial charge in [0.1, 0.15) is 11.4 Å². The predicted octanol–water partition coefficient (Wildman–Crippen LogP) is 4.80. The molecular weight excluding hydrogens is 430 g/mol. The maximum absolute atomic E-state index is 12.3. The van der Waals surface area contributed by atoms with E-state index in [1.165, 1.54) is 0 Å². The molecule has 1 saturated heterocycles. The highest BCUT2D eigenvalue weighted by Crippen LogP contribution is 2.51. The molecule has 6 nitrogen and oxygen atoms in total. The molecule has 0 aliphatic carbocycles. The van der Waals surface area contributed by atoms with Crippen LogP contribution in [-0.4, -0.2) is 35.7 Å². The Balaban J connectivity index is 1.42. The summed E-state index contributed by atoms with van der Waals surface area (Å²) < 4.78 is 12.7. The first-order chi connectivity index (χ1) is 15.4. The largest absolute Gasteiger partial charge is 0.487 e. The Hall–Kier alpha value is -2.57. The van der Waals surface area contributed by atoms with Gasteiger partial charge in [-0.2, -0.15) is 0 Å². The minimum Gasteiger partial charge on any atom is -0.487 e. The van der Waals surface area contributed by atoms with E-state index in [1.54, 1.807) is 24.3 Å². The molecule has 1 fully saturated rings. The number of carboxylic acids is 1. The minimum atomic E-state index is -0.853. The number of aliphatic carboxylic acids is 1. The van der Waals surface area contributed by atoms with Crippen LogP contribution in [0.5, 0.6) is 5.75 Å². The number of rotatable bonds is 7. The van der Waals surface area contributed by atoms with Crippen LogP contribution in [0.3, 0.4) is 0 Å². The molecule has 0 radical (unpaired) electrons. The lowest BCUT2D eigenvalue weighted by Gasteiger charge is -2.49. The number of hydrogen-bond acceptors (Lipinski definition) is 4. The lowest BCUT2D eigenvalue weighted by molar-refractivity contribution is -0.136. The summed E-state index contributed by atoms with van der Waals surface area (Å²) in [6.45, 7) is 3.36. The van der Waals surface area contributed by atoms with Gasteiger partial charge in [-0.25, -0.2) is 0 Å². The normalized spacial score (nSPS) is 24.1. The average Bonchev–Trinajstić information content (AvgIpc) is 2.77. The predicted molar refractivity (Wildman–Crippen MR) is 121 cm³/mol. The van der Waals surface area contributed by atoms with Crippen molar-refractivity contribution in [3.63, 3.8) is 0 Å². The number of carboxylic acid groups (broad SMARTS) is 1. The molecule has 7 heteroatoms. The molecule has 0 unspecified atom stereocenters. The van der Waals surface area contributed by atoms with E-state index in [9.17, 15) is 9.59 Å². The molecule has 0 spiro atoms. The van der Waals surface area contributed by atoms with Crippen molar-refractivity contribution < 1.29 is 24.2 Å². The summed E-state index contributed by atoms with van der Waals surface area (Å²) >= 11 is 5.89. The van der Waals surface area contributed by atoms with Crippen LogP contribution in [-0.2, 0) is 16.0 Å². The fourth-order valence-electron chi connectivity index (χ4n) is 4.82. The van der Waals surface area contributed by atoms with Crippen LogP contribution < -0.4 is 10.1 Å². The molecule has 32 heavy (non-hydrogen) atoms. The van der Waals surface area contributed by atoms with Gasteiger partial charge in [0.25, 0.3) is 5.91 Å². The Morgan fingerprint density at radius 3 is 2.75 bits per heavy atom. The van der Waals surface area contributed by atoms with E-state index in [-0.39, 0.29) is 24.3 Å². The quantitative estimate of drug-likeness (QED) is 0.583. The van der Waals surface area contributed by atoms with Gasteiger partial charge in [0.05, 0.1) is 12.5 Å². The summed E-state index contributed by atoms with van der Waals surface area (Å²) in [6.07, 6.45) is 3.38. The number of amides is 1. The summed E-state index contributed by atoms with van der Waals surface area (Å²) in [6, 6.07) is 12.4. The summed E-state index contributed by atoms with van der Waals surface area (Å²) in [7, 11) is 0. The third-order valence-electron chi connectivity index (χ3n) is 6.43. The zero-order valence-corrected chi connectivity index (χ0v) is 18.9. The Bertz CT molecular complexity index is 992. The highest BCUT2D eigenvalue weighted by molar-refractivity contribution is 6.30. The monoisotopic (exact) mass is 457 g/mol. The van der Waals surface area contributed by atoms with Gasteiger partial charge >= 0.3 is 5.97 Å². The molecule has 2 aliphatic rings. The third-order valence-corrected chi connectivity index (χ3v) is 6.68. The van der Waals surface area contributed by atoms with Crippen molar-refractivity contribution in [1.29, 1.82) is 0 Å². The second kappa shape index (κ2) is 9.51. The topological polar surface area (TPSA) is 84.9 Å². The van der Waals surface area contributed by atoms with Gasteiger partial charge in [-0.1, -0.05) is 17.7 Å². The van der Waals surface area contributed by atoms with E-state index in [0.29, 0.717) is 23.7 Å². The SMILES string of the molecule is C[C@]1(CCCNC(=O)c2ccc(Cl)cc2)Oc2ccc(CC(=O)O)cc2[C@@H]2OCCC[C@H]21. The molecule has 4 rings (SSSR count). The van der Waals surface area contributed by atoms with Crippen LogP contribution in [0.2, 0.25) is 5.02 Å². The van der Waals surface area contributed by atoms with E-state index in [0.717, 1.165) is 42.6 Å². The molecular formula is C25H28ClNO5. The van der Waals surface area contributed by atoms with Crippen LogP contribution in [0.4, 0.5) is 0 Å². The lowest BCUT2D eigenvalue weighted by atomic mass is 9.73. The Kier molecular flexibility index (Phi) is 6.72. The number of hydrogen-bond donors (Lipinski definition) is 2. The van der Waals surface area contributed by atoms with Gasteiger partial charge in [0, 0.05) is 35.2 Å². The first kappa shape index (κ1) is 22.6. The molecule has 2 heterocycles. The Morgan fingerprint density at radius 2 is 2.00 bits per heavy atom. The van der Waals surface area contributed by atoms with Gasteiger partial charge in [0.2, 0.25) is 0 Å². The van der Waals surface area contributed by atoms with Crippen molar-refractivity contribution in [2.45, 2.75) is 50.7 Å². The third kappa shape index (κ3) is 4.92. The Labute approximate surface area is 192 Å². The fraction of sp³-hybridized carbons (Fsp3) is 0.440. The van der Waals surface area contributed by atoms with Gasteiger partial charge in [-0.05, 0) is 74.6 Å². The molecule has 2 aliphatic heterocycles. The number of ether oxygens (including phenoxy) is 2. The average molecular weight is 458 g/mol. The molecule has 2 aromatic carbocycles. The van der Waals surface area contributed by atoms with Crippen LogP contribution in [0.1, 0.15) is 60.2 Å². The van der Waals surface area contributed by atoms with Crippen molar-refractivity contribution in [2.24, 2.45) is 5.92 Å². The van der Waals surface area contributed by atoms with Crippen LogP contribution in [0.25, 0.3) is 0 Å². The smallest absolute Gasteiger partial charge is 0.307 e. The first-order valence-corrected chi connectivity index (χ1v) is 11.4. The number of carbonyl (C=O) groups is 2. The minimum absolute atomic E-state index is 0.0186. The second-order valence-electron chi connectivity index (χ2n) is 8.76. The molecule has 0 aromatic heterocycles. The number of fused-ring (bicyclic) bond motifs is 3. The van der Waals surface area contributed by atoms with Crippen molar-refractivity contribution >= 4 is 23.5 Å². The van der Waals surface area contributed by atoms with Gasteiger partial charge in [0.15, 0.2) is 0 Å². The molecule has 2 aromatic rings. The van der Waals surface area contributed by atoms with Gasteiger partial charge in [-0.3, -0.25) is 9.59 Å². The molecule has 3 atom stereocenters. The van der Waals surface area contributed by atoms with Crippen LogP contribution >= 0.6 is 11.6 Å². The number of carbonyl (C=O) groups excluding carboxylic acids is 1. The first-order valence-electron chi connectivity index (χ1n) is 11.0. The van der Waals surface area contributed by atoms with Gasteiger partial charge in [-0.15, -0.1) is 0 Å². The number of nitrogens with one attached hydrogen (secondary N) is 1. The van der Waals surface area contributed by atoms with E-state index in [2.05, 4.69) is 12.2 Å². The van der Waals surface area contributed by atoms with E-state index in [4.69, 9.17) is 26.2 Å². The number of halogens is 1. The molecule has 0 bridgehead atoms. The Morgan fingerprint density at radius 1 is 1.22 bits per heavy atom. The fourth-order valence-corrected chi connectivity index (χ4v) is 4.94. The van der Waals surface area contributed by atoms with Crippen molar-refractivity contribution in [2.75, 3.05) is 13.2 Å². The zero-order chi connectivity index (χ0) is 22.7. The van der Waals surface area contributed by atoms with Crippen molar-refractivity contribution in [3.05, 3.63) is 64.2 Å². The maximum atomic E-state index is 12.3. The summed E-state index contributed by atoms with van der Waals surface area (Å²) in [5, 5.41) is 12.7. The second-order valence-corrected chi connectivity index (χ2v) is 9.20. The van der Waals surface area contributed by atoms with E-state index >= 15 is 0 Å². The molecule has 0 saturated carbocycles. The number of benzene rings is 2. The lowest BCUT2D eigenvalue weighted by Crippen LogP contribution is -2.49. The van der Waals surface area contributed by atoms with Crippen molar-refractivity contribution in [1.82, 2.24) is 5.32 Å². The van der Waals surface area contributed by atoms with Gasteiger partial charge < -0.3 is 19.9 Å². The zero-order valence-electron chi connectivity index (χ0n) is 18.1. The van der Waals surface area contributed by atoms with E-state index < -0.39 is 11.6 Å². The molecule has 2 N–H and O–H groups in total. The highest BCUT2D eigenvalue weighted by Gasteiger charge is 2.48. The van der Waals surface area contributed by atoms with E-state index in [1.807, 2.05) is 18.2 Å². The highest BCUT2D eigenvalue weighted by atomic mass is 35.5. The standard InChI is InChI=1S/C25H28ClNO5/c1-25(11-3-12-27-24(30)17-6-8-18(26)9-7-17)20-4-2-13-31-23(20)19-14-16(15-22(28)29)5-10-21(19)32-25/h5-10,14,20,23H,2-4,11-13,15H2,1H3,(H,27,30)(H,28,29)/t20-,23+,25-/m1/s1. The van der Waals surface area contributed by atoms with Crippen LogP contribution in [0.15, 0.2) is 42.5 Å². The summed E-state index contributed by atoms with van der Waals surface area (Å²) in [4.78, 5) is 23.5. The van der Waals surface area contributed by atoms with Crippen molar-refractivity contribution in [3.8, 4) is 5.75 Å².